The lowest BCUT2D eigenvalue weighted by molar-refractivity contribution is 0.0717. The first-order valence-electron chi connectivity index (χ1n) is 18.6. The second kappa shape index (κ2) is 19.5. The van der Waals surface area contributed by atoms with Crippen LogP contribution in [0.5, 0.6) is 40.2 Å². The predicted molar refractivity (Wildman–Crippen MR) is 220 cm³/mol. The molecule has 0 amide bonds. The molecular weight excluding hydrogens is 789 g/mol. The van der Waals surface area contributed by atoms with E-state index in [1.165, 1.54) is 94.1 Å². The molecule has 0 bridgehead atoms. The van der Waals surface area contributed by atoms with Gasteiger partial charge in [-0.2, -0.15) is 0 Å². The second-order valence-electron chi connectivity index (χ2n) is 13.3. The molecule has 0 spiro atoms. The number of ether oxygens (including phenoxy) is 7. The van der Waals surface area contributed by atoms with Crippen molar-refractivity contribution >= 4 is 23.9 Å². The third kappa shape index (κ3) is 10.0. The summed E-state index contributed by atoms with van der Waals surface area (Å²) in [6.07, 6.45) is 0. The number of aliphatic hydroxyl groups is 3. The van der Waals surface area contributed by atoms with E-state index in [0.29, 0.717) is 39.7 Å². The largest absolute Gasteiger partial charge is 0.496 e. The van der Waals surface area contributed by atoms with Gasteiger partial charge in [0.15, 0.2) is 11.5 Å². The Bertz CT molecular complexity index is 2560. The third-order valence-corrected chi connectivity index (χ3v) is 9.46. The Hall–Kier alpha value is -7.52. The number of esters is 4. The average Bonchev–Trinajstić information content (AvgIpc) is 3.29. The minimum absolute atomic E-state index is 0.0306. The van der Waals surface area contributed by atoms with Gasteiger partial charge in [0.05, 0.1) is 57.8 Å². The van der Waals surface area contributed by atoms with Gasteiger partial charge in [-0.1, -0.05) is 18.2 Å². The highest BCUT2D eigenvalue weighted by Crippen LogP contribution is 2.35. The molecule has 0 aliphatic rings. The molecular formula is C47H40O14. The fourth-order valence-electron chi connectivity index (χ4n) is 6.17. The van der Waals surface area contributed by atoms with Crippen molar-refractivity contribution < 1.29 is 67.7 Å². The summed E-state index contributed by atoms with van der Waals surface area (Å²) in [5.74, 6) is -0.857. The number of hydrogen-bond donors (Lipinski definition) is 3. The lowest BCUT2D eigenvalue weighted by Gasteiger charge is -2.13. The molecule has 3 N–H and O–H groups in total. The van der Waals surface area contributed by atoms with Crippen molar-refractivity contribution in [1.82, 2.24) is 0 Å². The highest BCUT2D eigenvalue weighted by atomic mass is 16.6. The van der Waals surface area contributed by atoms with Gasteiger partial charge in [-0.3, -0.25) is 0 Å². The summed E-state index contributed by atoms with van der Waals surface area (Å²) in [5, 5.41) is 28.9. The smallest absolute Gasteiger partial charge is 0.347 e. The van der Waals surface area contributed by atoms with Gasteiger partial charge in [0, 0.05) is 12.1 Å². The maximum atomic E-state index is 13.0. The van der Waals surface area contributed by atoms with Crippen LogP contribution in [0.1, 0.15) is 63.7 Å². The van der Waals surface area contributed by atoms with Gasteiger partial charge in [-0.05, 0) is 125 Å². The number of aryl methyl sites for hydroxylation is 1. The number of rotatable bonds is 15. The third-order valence-electron chi connectivity index (χ3n) is 9.46. The first kappa shape index (κ1) is 43.1. The van der Waals surface area contributed by atoms with E-state index in [0.717, 1.165) is 11.1 Å². The molecule has 0 aliphatic carbocycles. The van der Waals surface area contributed by atoms with Gasteiger partial charge in [0.25, 0.3) is 0 Å². The lowest BCUT2D eigenvalue weighted by atomic mass is 9.99. The first-order valence-corrected chi connectivity index (χ1v) is 18.6. The number of methoxy groups -OCH3 is 3. The zero-order valence-corrected chi connectivity index (χ0v) is 33.4. The first-order chi connectivity index (χ1) is 29.5. The standard InChI is InChI=1S/C47H40O14/c1-27-19-31(11-18-40(27)61-45(52)30-9-16-36(17-10-30)59-46(53)38-21-33(25-49)32(24-48)20-34(38)26-50)28-5-12-35(13-6-28)58-44(51)29-7-14-37(15-8-29)60-47(54)39-22-42(56-3)43(57-4)23-41(39)55-2/h5-23,48-50H,24-26H2,1-4H3. The monoisotopic (exact) mass is 828 g/mol. The van der Waals surface area contributed by atoms with Crippen LogP contribution < -0.4 is 33.2 Å². The Morgan fingerprint density at radius 2 is 0.852 bits per heavy atom. The summed E-state index contributed by atoms with van der Waals surface area (Å²) >= 11 is 0. The van der Waals surface area contributed by atoms with Crippen molar-refractivity contribution in [3.05, 3.63) is 160 Å². The van der Waals surface area contributed by atoms with Crippen LogP contribution in [0.15, 0.2) is 115 Å². The molecule has 61 heavy (non-hydrogen) atoms. The van der Waals surface area contributed by atoms with E-state index in [2.05, 4.69) is 0 Å². The molecule has 0 aliphatic heterocycles. The molecule has 6 rings (SSSR count). The molecule has 0 saturated carbocycles. The summed E-state index contributed by atoms with van der Waals surface area (Å²) in [5.41, 5.74) is 3.82. The van der Waals surface area contributed by atoms with Gasteiger partial charge < -0.3 is 48.5 Å². The SMILES string of the molecule is COc1cc(OC)c(C(=O)Oc2ccc(C(=O)Oc3ccc(-c4ccc(OC(=O)c5ccc(OC(=O)c6cc(CO)c(CO)cc6CO)cc5)c(C)c4)cc3)cc2)cc1OC. The van der Waals surface area contributed by atoms with E-state index in [4.69, 9.17) is 33.2 Å². The highest BCUT2D eigenvalue weighted by molar-refractivity contribution is 5.96. The average molecular weight is 829 g/mol. The fraction of sp³-hybridized carbons (Fsp3) is 0.149. The van der Waals surface area contributed by atoms with Crippen molar-refractivity contribution in [1.29, 1.82) is 0 Å². The normalized spacial score (nSPS) is 10.7. The van der Waals surface area contributed by atoms with Crippen molar-refractivity contribution in [2.75, 3.05) is 21.3 Å². The molecule has 6 aromatic carbocycles. The molecule has 0 aromatic heterocycles. The van der Waals surface area contributed by atoms with Crippen molar-refractivity contribution in [3.63, 3.8) is 0 Å². The molecule has 0 unspecified atom stereocenters. The van der Waals surface area contributed by atoms with Crippen LogP contribution in [-0.2, 0) is 19.8 Å². The van der Waals surface area contributed by atoms with Crippen LogP contribution in [0.3, 0.4) is 0 Å². The van der Waals surface area contributed by atoms with Crippen LogP contribution in [0.25, 0.3) is 11.1 Å². The maximum absolute atomic E-state index is 13.0. The highest BCUT2D eigenvalue weighted by Gasteiger charge is 2.21. The number of carbonyl (C=O) groups is 4. The quantitative estimate of drug-likeness (QED) is 0.0705. The summed E-state index contributed by atoms with van der Waals surface area (Å²) in [7, 11) is 4.32. The molecule has 0 saturated heterocycles. The van der Waals surface area contributed by atoms with Crippen molar-refractivity contribution in [3.8, 4) is 51.4 Å². The van der Waals surface area contributed by atoms with E-state index >= 15 is 0 Å². The molecule has 0 heterocycles. The van der Waals surface area contributed by atoms with E-state index in [9.17, 15) is 34.5 Å². The van der Waals surface area contributed by atoms with E-state index in [-0.39, 0.29) is 51.7 Å². The summed E-state index contributed by atoms with van der Waals surface area (Å²) in [6.45, 7) is 0.513. The molecule has 6 aromatic rings. The zero-order valence-electron chi connectivity index (χ0n) is 33.4. The lowest BCUT2D eigenvalue weighted by Crippen LogP contribution is -2.14. The Kier molecular flexibility index (Phi) is 13.8. The Morgan fingerprint density at radius 1 is 0.410 bits per heavy atom. The Labute approximate surface area is 350 Å². The Morgan fingerprint density at radius 3 is 1.36 bits per heavy atom. The topological polar surface area (TPSA) is 194 Å². The van der Waals surface area contributed by atoms with Gasteiger partial charge in [-0.25, -0.2) is 19.2 Å². The van der Waals surface area contributed by atoms with Crippen molar-refractivity contribution in [2.45, 2.75) is 26.7 Å². The van der Waals surface area contributed by atoms with E-state index in [1.807, 2.05) is 6.07 Å². The molecule has 0 fully saturated rings. The summed E-state index contributed by atoms with van der Waals surface area (Å²) in [6, 6.07) is 29.5. The van der Waals surface area contributed by atoms with Crippen molar-refractivity contribution in [2.24, 2.45) is 0 Å². The second-order valence-corrected chi connectivity index (χ2v) is 13.3. The zero-order chi connectivity index (χ0) is 43.6. The molecule has 14 nitrogen and oxygen atoms in total. The molecule has 14 heteroatoms. The van der Waals surface area contributed by atoms with Gasteiger partial charge in [-0.15, -0.1) is 0 Å². The predicted octanol–water partition coefficient (Wildman–Crippen LogP) is 7.04. The van der Waals surface area contributed by atoms with Crippen LogP contribution >= 0.6 is 0 Å². The number of benzene rings is 6. The fourth-order valence-corrected chi connectivity index (χ4v) is 6.17. The maximum Gasteiger partial charge on any atom is 0.347 e. The van der Waals surface area contributed by atoms with E-state index < -0.39 is 37.1 Å². The minimum atomic E-state index is -0.787. The Balaban J connectivity index is 1.03. The summed E-state index contributed by atoms with van der Waals surface area (Å²) in [4.78, 5) is 51.8. The number of aliphatic hydroxyl groups excluding tert-OH is 3. The molecule has 0 atom stereocenters. The molecule has 312 valence electrons. The summed E-state index contributed by atoms with van der Waals surface area (Å²) < 4.78 is 38.0. The minimum Gasteiger partial charge on any atom is -0.496 e. The van der Waals surface area contributed by atoms with Gasteiger partial charge in [0.2, 0.25) is 0 Å². The van der Waals surface area contributed by atoms with Gasteiger partial charge in [0.1, 0.15) is 34.3 Å². The number of carbonyl (C=O) groups excluding carboxylic acids is 4. The van der Waals surface area contributed by atoms with Crippen LogP contribution in [0.2, 0.25) is 0 Å². The van der Waals surface area contributed by atoms with E-state index in [1.54, 1.807) is 43.3 Å². The van der Waals surface area contributed by atoms with Crippen LogP contribution in [0.4, 0.5) is 0 Å². The van der Waals surface area contributed by atoms with Crippen LogP contribution in [-0.4, -0.2) is 60.5 Å². The van der Waals surface area contributed by atoms with Gasteiger partial charge >= 0.3 is 23.9 Å². The molecule has 0 radical (unpaired) electrons. The number of hydrogen-bond acceptors (Lipinski definition) is 14. The van der Waals surface area contributed by atoms with Crippen LogP contribution in [0, 0.1) is 6.92 Å².